The molecule has 20 heavy (non-hydrogen) atoms. The largest absolute Gasteiger partial charge is 0.369 e. The molecule has 3 aromatic rings. The van der Waals surface area contributed by atoms with Crippen LogP contribution in [0.3, 0.4) is 0 Å². The van der Waals surface area contributed by atoms with Crippen molar-refractivity contribution in [1.82, 2.24) is 14.5 Å². The SMILES string of the molecule is Nc1nc2cc[nH]c2c(=O)n1COCc1ccccc1. The first-order valence-corrected chi connectivity index (χ1v) is 6.21. The minimum absolute atomic E-state index is 0.0710. The summed E-state index contributed by atoms with van der Waals surface area (Å²) in [6.45, 7) is 0.483. The third-order valence-electron chi connectivity index (χ3n) is 3.03. The quantitative estimate of drug-likeness (QED) is 0.752. The van der Waals surface area contributed by atoms with Crippen LogP contribution in [0.1, 0.15) is 5.56 Å². The van der Waals surface area contributed by atoms with Gasteiger partial charge in [-0.2, -0.15) is 0 Å². The summed E-state index contributed by atoms with van der Waals surface area (Å²) < 4.78 is 6.83. The normalized spacial score (nSPS) is 11.0. The van der Waals surface area contributed by atoms with Gasteiger partial charge < -0.3 is 15.5 Å². The number of fused-ring (bicyclic) bond motifs is 1. The highest BCUT2D eigenvalue weighted by molar-refractivity contribution is 5.74. The van der Waals surface area contributed by atoms with Crippen molar-refractivity contribution in [3.05, 3.63) is 58.5 Å². The van der Waals surface area contributed by atoms with E-state index in [1.54, 1.807) is 12.3 Å². The van der Waals surface area contributed by atoms with E-state index in [0.717, 1.165) is 5.56 Å². The zero-order valence-corrected chi connectivity index (χ0v) is 10.7. The minimum atomic E-state index is -0.231. The van der Waals surface area contributed by atoms with Crippen molar-refractivity contribution in [3.63, 3.8) is 0 Å². The van der Waals surface area contributed by atoms with E-state index in [9.17, 15) is 4.79 Å². The summed E-state index contributed by atoms with van der Waals surface area (Å²) in [4.78, 5) is 19.2. The number of H-pyrrole nitrogens is 1. The van der Waals surface area contributed by atoms with Crippen LogP contribution in [0.4, 0.5) is 5.95 Å². The van der Waals surface area contributed by atoms with Gasteiger partial charge in [-0.25, -0.2) is 4.98 Å². The summed E-state index contributed by atoms with van der Waals surface area (Å²) in [5.74, 6) is 0.148. The number of nitrogens with zero attached hydrogens (tertiary/aromatic N) is 2. The van der Waals surface area contributed by atoms with Crippen molar-refractivity contribution in [2.75, 3.05) is 5.73 Å². The molecule has 0 aliphatic rings. The maximum absolute atomic E-state index is 12.2. The average molecular weight is 270 g/mol. The molecule has 0 saturated heterocycles. The molecular weight excluding hydrogens is 256 g/mol. The molecule has 2 heterocycles. The molecule has 0 saturated carbocycles. The fourth-order valence-electron chi connectivity index (χ4n) is 2.00. The molecule has 1 aromatic carbocycles. The summed E-state index contributed by atoms with van der Waals surface area (Å²) in [5.41, 5.74) is 7.58. The number of anilines is 1. The Hall–Kier alpha value is -2.60. The van der Waals surface area contributed by atoms with Gasteiger partial charge in [0.1, 0.15) is 12.2 Å². The first-order valence-electron chi connectivity index (χ1n) is 6.21. The zero-order valence-electron chi connectivity index (χ0n) is 10.7. The van der Waals surface area contributed by atoms with Gasteiger partial charge >= 0.3 is 0 Å². The molecule has 6 nitrogen and oxygen atoms in total. The molecule has 2 aromatic heterocycles. The standard InChI is InChI=1S/C14H14N4O2/c15-14-17-11-6-7-16-12(11)13(19)18(14)9-20-8-10-4-2-1-3-5-10/h1-7,16H,8-9H2,(H2,15,17). The molecule has 3 N–H and O–H groups in total. The van der Waals surface area contributed by atoms with Crippen LogP contribution >= 0.6 is 0 Å². The second kappa shape index (κ2) is 5.18. The molecule has 0 bridgehead atoms. The van der Waals surface area contributed by atoms with Gasteiger partial charge in [-0.15, -0.1) is 0 Å². The van der Waals surface area contributed by atoms with Crippen LogP contribution in [0, 0.1) is 0 Å². The van der Waals surface area contributed by atoms with Crippen molar-refractivity contribution >= 4 is 17.0 Å². The maximum atomic E-state index is 12.2. The van der Waals surface area contributed by atoms with E-state index >= 15 is 0 Å². The van der Waals surface area contributed by atoms with Crippen molar-refractivity contribution < 1.29 is 4.74 Å². The van der Waals surface area contributed by atoms with Crippen LogP contribution in [-0.2, 0) is 18.1 Å². The van der Waals surface area contributed by atoms with E-state index in [1.165, 1.54) is 4.57 Å². The number of nitrogens with one attached hydrogen (secondary N) is 1. The molecule has 0 aliphatic heterocycles. The van der Waals surface area contributed by atoms with Gasteiger partial charge in [-0.3, -0.25) is 9.36 Å². The van der Waals surface area contributed by atoms with Gasteiger partial charge in [-0.1, -0.05) is 30.3 Å². The number of rotatable bonds is 4. The number of hydrogen-bond acceptors (Lipinski definition) is 4. The van der Waals surface area contributed by atoms with Crippen LogP contribution in [0.5, 0.6) is 0 Å². The van der Waals surface area contributed by atoms with Crippen molar-refractivity contribution in [3.8, 4) is 0 Å². The second-order valence-electron chi connectivity index (χ2n) is 4.40. The topological polar surface area (TPSA) is 85.9 Å². The molecule has 0 radical (unpaired) electrons. The van der Waals surface area contributed by atoms with Gasteiger partial charge in [0.05, 0.1) is 12.1 Å². The highest BCUT2D eigenvalue weighted by Crippen LogP contribution is 2.08. The lowest BCUT2D eigenvalue weighted by molar-refractivity contribution is 0.0630. The predicted molar refractivity (Wildman–Crippen MR) is 76.0 cm³/mol. The fourth-order valence-corrected chi connectivity index (χ4v) is 2.00. The monoisotopic (exact) mass is 270 g/mol. The molecular formula is C14H14N4O2. The number of benzene rings is 1. The number of aromatic amines is 1. The third kappa shape index (κ3) is 2.28. The van der Waals surface area contributed by atoms with E-state index in [4.69, 9.17) is 10.5 Å². The number of hydrogen-bond donors (Lipinski definition) is 2. The molecule has 0 spiro atoms. The van der Waals surface area contributed by atoms with Gasteiger partial charge in [-0.05, 0) is 11.6 Å². The molecule has 6 heteroatoms. The number of aromatic nitrogens is 3. The van der Waals surface area contributed by atoms with E-state index in [0.29, 0.717) is 17.6 Å². The van der Waals surface area contributed by atoms with Gasteiger partial charge in [0.2, 0.25) is 5.95 Å². The molecule has 0 unspecified atom stereocenters. The van der Waals surface area contributed by atoms with Crippen molar-refractivity contribution in [2.24, 2.45) is 0 Å². The first kappa shape index (κ1) is 12.4. The van der Waals surface area contributed by atoms with Crippen molar-refractivity contribution in [2.45, 2.75) is 13.3 Å². The summed E-state index contributed by atoms with van der Waals surface area (Å²) in [6, 6.07) is 11.4. The molecule has 0 amide bonds. The van der Waals surface area contributed by atoms with Gasteiger partial charge in [0.15, 0.2) is 0 Å². The predicted octanol–water partition coefficient (Wildman–Crippen LogP) is 1.48. The molecule has 102 valence electrons. The summed E-state index contributed by atoms with van der Waals surface area (Å²) in [6.07, 6.45) is 1.66. The lowest BCUT2D eigenvalue weighted by Crippen LogP contribution is -2.25. The Morgan fingerprint density at radius 2 is 2.05 bits per heavy atom. The lowest BCUT2D eigenvalue weighted by atomic mass is 10.2. The third-order valence-corrected chi connectivity index (χ3v) is 3.03. The van der Waals surface area contributed by atoms with E-state index < -0.39 is 0 Å². The molecule has 3 rings (SSSR count). The van der Waals surface area contributed by atoms with Gasteiger partial charge in [0, 0.05) is 6.20 Å². The number of nitrogens with two attached hydrogens (primary N) is 1. The Labute approximate surface area is 114 Å². The highest BCUT2D eigenvalue weighted by Gasteiger charge is 2.09. The van der Waals surface area contributed by atoms with Gasteiger partial charge in [0.25, 0.3) is 5.56 Å². The Bertz CT molecular complexity index is 777. The summed E-state index contributed by atoms with van der Waals surface area (Å²) in [5, 5.41) is 0. The number of ether oxygens (including phenoxy) is 1. The van der Waals surface area contributed by atoms with Crippen LogP contribution in [-0.4, -0.2) is 14.5 Å². The Morgan fingerprint density at radius 3 is 2.85 bits per heavy atom. The summed E-state index contributed by atoms with van der Waals surface area (Å²) in [7, 11) is 0. The fraction of sp³-hybridized carbons (Fsp3) is 0.143. The van der Waals surface area contributed by atoms with E-state index in [-0.39, 0.29) is 18.2 Å². The second-order valence-corrected chi connectivity index (χ2v) is 4.40. The van der Waals surface area contributed by atoms with Crippen LogP contribution in [0.2, 0.25) is 0 Å². The Balaban J connectivity index is 1.79. The smallest absolute Gasteiger partial charge is 0.281 e. The Morgan fingerprint density at radius 1 is 1.25 bits per heavy atom. The first-order chi connectivity index (χ1) is 9.75. The molecule has 0 fully saturated rings. The zero-order chi connectivity index (χ0) is 13.9. The molecule has 0 aliphatic carbocycles. The van der Waals surface area contributed by atoms with Crippen LogP contribution < -0.4 is 11.3 Å². The minimum Gasteiger partial charge on any atom is -0.369 e. The van der Waals surface area contributed by atoms with Crippen LogP contribution in [0.15, 0.2) is 47.4 Å². The van der Waals surface area contributed by atoms with E-state index in [1.807, 2.05) is 30.3 Å². The lowest BCUT2D eigenvalue weighted by Gasteiger charge is -2.09. The van der Waals surface area contributed by atoms with Crippen LogP contribution in [0.25, 0.3) is 11.0 Å². The highest BCUT2D eigenvalue weighted by atomic mass is 16.5. The molecule has 0 atom stereocenters. The Kier molecular flexibility index (Phi) is 3.22. The van der Waals surface area contributed by atoms with E-state index in [2.05, 4.69) is 9.97 Å². The maximum Gasteiger partial charge on any atom is 0.281 e. The van der Waals surface area contributed by atoms with Crippen molar-refractivity contribution in [1.29, 1.82) is 0 Å². The average Bonchev–Trinajstić information content (AvgIpc) is 2.92. The summed E-state index contributed by atoms with van der Waals surface area (Å²) >= 11 is 0. The number of nitrogen functional groups attached to an aromatic ring is 1.